The number of benzene rings is 1. The van der Waals surface area contributed by atoms with Crippen LogP contribution < -0.4 is 10.8 Å². The number of amides is 2. The molecule has 0 aliphatic heterocycles. The number of hydrogen-bond donors (Lipinski definition) is 4. The molecule has 2 amide bonds. The van der Waals surface area contributed by atoms with Gasteiger partial charge in [0.05, 0.1) is 11.7 Å². The Morgan fingerprint density at radius 2 is 1.75 bits per heavy atom. The van der Waals surface area contributed by atoms with Gasteiger partial charge in [0.15, 0.2) is 0 Å². The van der Waals surface area contributed by atoms with E-state index in [0.717, 1.165) is 18.2 Å². The molecular weight excluding hydrogens is 329 g/mol. The molecule has 0 unspecified atom stereocenters. The van der Waals surface area contributed by atoms with Crippen LogP contribution >= 0.6 is 0 Å². The third-order valence-corrected chi connectivity index (χ3v) is 2.84. The average molecular weight is 348 g/mol. The summed E-state index contributed by atoms with van der Waals surface area (Å²) in [6.45, 7) is 1.24. The highest BCUT2D eigenvalue weighted by molar-refractivity contribution is 5.95. The lowest BCUT2D eigenvalue weighted by Gasteiger charge is -2.18. The minimum atomic E-state index is -4.44. The number of halogens is 3. The lowest BCUT2D eigenvalue weighted by Crippen LogP contribution is -2.51. The van der Waals surface area contributed by atoms with Gasteiger partial charge in [0.2, 0.25) is 5.91 Å². The summed E-state index contributed by atoms with van der Waals surface area (Å²) in [7, 11) is 0. The summed E-state index contributed by atoms with van der Waals surface area (Å²) in [5.74, 6) is -1.77. The summed E-state index contributed by atoms with van der Waals surface area (Å²) in [4.78, 5) is 22.9. The van der Waals surface area contributed by atoms with Crippen molar-refractivity contribution >= 4 is 17.9 Å². The van der Waals surface area contributed by atoms with Gasteiger partial charge in [-0.05, 0) is 30.7 Å². The van der Waals surface area contributed by atoms with Crippen LogP contribution in [0.15, 0.2) is 30.3 Å². The number of alkyl halides is 3. The van der Waals surface area contributed by atoms with Gasteiger partial charge in [0.1, 0.15) is 6.04 Å². The molecule has 0 radical (unpaired) electrons. The average Bonchev–Trinajstić information content (AvgIpc) is 2.49. The van der Waals surface area contributed by atoms with E-state index in [1.54, 1.807) is 0 Å². The summed E-state index contributed by atoms with van der Waals surface area (Å²) in [5.41, 5.74) is 0.831. The van der Waals surface area contributed by atoms with Crippen LogP contribution in [-0.4, -0.2) is 34.3 Å². The van der Waals surface area contributed by atoms with Gasteiger partial charge in [-0.2, -0.15) is 13.2 Å². The van der Waals surface area contributed by atoms with Gasteiger partial charge in [-0.1, -0.05) is 19.6 Å². The normalized spacial score (nSPS) is 13.8. The van der Waals surface area contributed by atoms with Gasteiger partial charge in [-0.3, -0.25) is 14.8 Å². The van der Waals surface area contributed by atoms with Crippen molar-refractivity contribution in [1.29, 1.82) is 0 Å². The molecule has 1 aromatic carbocycles. The van der Waals surface area contributed by atoms with Gasteiger partial charge in [-0.25, -0.2) is 5.48 Å². The van der Waals surface area contributed by atoms with Crippen molar-refractivity contribution in [3.63, 3.8) is 0 Å². The van der Waals surface area contributed by atoms with Crippen LogP contribution in [0.1, 0.15) is 25.5 Å². The maximum absolute atomic E-state index is 12.4. The first kappa shape index (κ1) is 21.6. The number of carbonyl (C=O) groups is 2. The molecule has 134 valence electrons. The van der Waals surface area contributed by atoms with E-state index in [2.05, 4.69) is 5.32 Å². The molecule has 0 heterocycles. The molecule has 0 aromatic heterocycles. The molecule has 0 saturated carbocycles. The maximum Gasteiger partial charge on any atom is 0.416 e. The van der Waals surface area contributed by atoms with E-state index < -0.39 is 35.7 Å². The summed E-state index contributed by atoms with van der Waals surface area (Å²) >= 11 is 0. The van der Waals surface area contributed by atoms with Crippen molar-refractivity contribution in [3.8, 4) is 0 Å². The quantitative estimate of drug-likeness (QED) is 0.370. The van der Waals surface area contributed by atoms with E-state index in [4.69, 9.17) is 5.21 Å². The Bertz CT molecular complexity index is 583. The first-order valence-corrected chi connectivity index (χ1v) is 6.43. The van der Waals surface area contributed by atoms with Crippen molar-refractivity contribution in [3.05, 3.63) is 41.5 Å². The number of aliphatic hydroxyl groups is 1. The molecule has 0 bridgehead atoms. The van der Waals surface area contributed by atoms with Crippen LogP contribution in [0.25, 0.3) is 6.08 Å². The second-order valence-corrected chi connectivity index (χ2v) is 4.66. The molecule has 1 aromatic rings. The molecular formula is C15H19F3N2O4. The fourth-order valence-corrected chi connectivity index (χ4v) is 1.63. The first-order valence-electron chi connectivity index (χ1n) is 6.43. The highest BCUT2D eigenvalue weighted by atomic mass is 19.4. The van der Waals surface area contributed by atoms with Crippen molar-refractivity contribution in [1.82, 2.24) is 10.8 Å². The lowest BCUT2D eigenvalue weighted by atomic mass is 10.1. The number of aliphatic hydroxyl groups excluding tert-OH is 1. The molecule has 0 aliphatic rings. The predicted molar refractivity (Wildman–Crippen MR) is 80.7 cm³/mol. The Hall–Kier alpha value is -2.39. The van der Waals surface area contributed by atoms with Gasteiger partial charge in [0, 0.05) is 6.08 Å². The van der Waals surface area contributed by atoms with E-state index in [-0.39, 0.29) is 7.43 Å². The first-order chi connectivity index (χ1) is 10.6. The van der Waals surface area contributed by atoms with Gasteiger partial charge >= 0.3 is 6.18 Å². The van der Waals surface area contributed by atoms with E-state index in [1.807, 2.05) is 0 Å². The summed E-state index contributed by atoms with van der Waals surface area (Å²) in [6, 6.07) is 2.73. The molecule has 0 aliphatic carbocycles. The number of nitrogens with one attached hydrogen (secondary N) is 2. The minimum Gasteiger partial charge on any atom is -0.391 e. The Balaban J connectivity index is 0.00000529. The Kier molecular flexibility index (Phi) is 8.14. The monoisotopic (exact) mass is 348 g/mol. The minimum absolute atomic E-state index is 0. The van der Waals surface area contributed by atoms with Crippen LogP contribution in [0.5, 0.6) is 0 Å². The van der Waals surface area contributed by atoms with Crippen molar-refractivity contribution < 1.29 is 33.1 Å². The topological polar surface area (TPSA) is 98.7 Å². The van der Waals surface area contributed by atoms with E-state index in [1.165, 1.54) is 30.6 Å². The Morgan fingerprint density at radius 1 is 1.21 bits per heavy atom. The Morgan fingerprint density at radius 3 is 2.17 bits per heavy atom. The number of hydrogen-bond acceptors (Lipinski definition) is 4. The van der Waals surface area contributed by atoms with Crippen molar-refractivity contribution in [2.45, 2.75) is 32.7 Å². The van der Waals surface area contributed by atoms with Crippen LogP contribution in [0, 0.1) is 0 Å². The fourth-order valence-electron chi connectivity index (χ4n) is 1.63. The molecule has 9 heteroatoms. The number of rotatable bonds is 5. The maximum atomic E-state index is 12.4. The second kappa shape index (κ2) is 9.04. The van der Waals surface area contributed by atoms with Crippen molar-refractivity contribution in [2.75, 3.05) is 0 Å². The highest BCUT2D eigenvalue weighted by Crippen LogP contribution is 2.29. The fraction of sp³-hybridized carbons (Fsp3) is 0.333. The zero-order valence-corrected chi connectivity index (χ0v) is 12.0. The standard InChI is InChI=1S/C14H15F3N2O4.CH4/c1-8(20)12(13(22)19-23)18-11(21)7-4-9-2-5-10(6-3-9)14(15,16)17;/h2-8,12,20,23H,1H3,(H,18,21)(H,19,22);1H4/b7-4+;/t8-,12+;/m1./s1. The smallest absolute Gasteiger partial charge is 0.391 e. The van der Waals surface area contributed by atoms with Gasteiger partial charge < -0.3 is 10.4 Å². The van der Waals surface area contributed by atoms with Crippen LogP contribution in [0.3, 0.4) is 0 Å². The summed E-state index contributed by atoms with van der Waals surface area (Å²) in [6.07, 6.45) is -3.47. The van der Waals surface area contributed by atoms with Gasteiger partial charge in [0.25, 0.3) is 5.91 Å². The SMILES string of the molecule is C.C[C@@H](O)[C@H](NC(=O)/C=C/c1ccc(C(F)(F)F)cc1)C(=O)NO. The molecule has 0 spiro atoms. The van der Waals surface area contributed by atoms with E-state index in [9.17, 15) is 27.9 Å². The van der Waals surface area contributed by atoms with E-state index >= 15 is 0 Å². The van der Waals surface area contributed by atoms with Crippen LogP contribution in [-0.2, 0) is 15.8 Å². The Labute approximate surface area is 136 Å². The van der Waals surface area contributed by atoms with Crippen LogP contribution in [0.2, 0.25) is 0 Å². The third-order valence-electron chi connectivity index (χ3n) is 2.84. The molecule has 0 fully saturated rings. The van der Waals surface area contributed by atoms with Crippen LogP contribution in [0.4, 0.5) is 13.2 Å². The predicted octanol–water partition coefficient (Wildman–Crippen LogP) is 1.73. The highest BCUT2D eigenvalue weighted by Gasteiger charge is 2.29. The molecule has 2 atom stereocenters. The molecule has 0 saturated heterocycles. The molecule has 6 nitrogen and oxygen atoms in total. The lowest BCUT2D eigenvalue weighted by molar-refractivity contribution is -0.137. The second-order valence-electron chi connectivity index (χ2n) is 4.66. The third kappa shape index (κ3) is 6.39. The molecule has 24 heavy (non-hydrogen) atoms. The van der Waals surface area contributed by atoms with Crippen molar-refractivity contribution in [2.24, 2.45) is 0 Å². The van der Waals surface area contributed by atoms with E-state index in [0.29, 0.717) is 5.56 Å². The summed E-state index contributed by atoms with van der Waals surface area (Å²) in [5, 5.41) is 20.0. The zero-order valence-electron chi connectivity index (χ0n) is 12.0. The van der Waals surface area contributed by atoms with Gasteiger partial charge in [-0.15, -0.1) is 0 Å². The number of carbonyl (C=O) groups excluding carboxylic acids is 2. The largest absolute Gasteiger partial charge is 0.416 e. The summed E-state index contributed by atoms with van der Waals surface area (Å²) < 4.78 is 37.2. The zero-order chi connectivity index (χ0) is 17.6. The molecule has 4 N–H and O–H groups in total. The molecule has 1 rings (SSSR count). The number of hydroxylamine groups is 1.